The van der Waals surface area contributed by atoms with Crippen molar-refractivity contribution < 1.29 is 17.9 Å². The molecule has 0 aromatic heterocycles. The first-order valence-electron chi connectivity index (χ1n) is 7.73. The third-order valence-electron chi connectivity index (χ3n) is 4.11. The first-order valence-corrected chi connectivity index (χ1v) is 9.55. The maximum atomic E-state index is 12.4. The Morgan fingerprint density at radius 2 is 1.92 bits per heavy atom. The Balaban J connectivity index is 1.85. The van der Waals surface area contributed by atoms with E-state index in [0.717, 1.165) is 11.1 Å². The molecule has 6 heteroatoms. The molecule has 1 N–H and O–H groups in total. The normalized spacial score (nSPS) is 19.0. The van der Waals surface area contributed by atoms with Crippen LogP contribution >= 0.6 is 0 Å². The molecule has 1 aliphatic rings. The van der Waals surface area contributed by atoms with Crippen molar-refractivity contribution in [2.24, 2.45) is 0 Å². The predicted molar refractivity (Wildman–Crippen MR) is 93.0 cm³/mol. The molecule has 126 valence electrons. The number of sulfone groups is 1. The number of rotatable bonds is 4. The van der Waals surface area contributed by atoms with Crippen LogP contribution in [-0.4, -0.2) is 39.0 Å². The van der Waals surface area contributed by atoms with Crippen LogP contribution < -0.4 is 10.1 Å². The molecule has 5 nitrogen and oxygen atoms in total. The van der Waals surface area contributed by atoms with Gasteiger partial charge in [0.25, 0.3) is 5.91 Å². The molecule has 1 amide bonds. The summed E-state index contributed by atoms with van der Waals surface area (Å²) in [5.41, 5.74) is 2.26. The van der Waals surface area contributed by atoms with E-state index in [1.54, 1.807) is 25.3 Å². The van der Waals surface area contributed by atoms with E-state index in [9.17, 15) is 13.2 Å². The standard InChI is InChI=1S/C18H19NO4S/c1-23-17-8-7-14(11-16(17)13-5-3-2-4-6-13)18(20)19-15-9-10-24(21,22)12-15/h2-8,11,15H,9-10,12H2,1H3,(H,19,20)/t15-/m1/s1. The van der Waals surface area contributed by atoms with E-state index in [2.05, 4.69) is 5.32 Å². The van der Waals surface area contributed by atoms with Crippen LogP contribution in [-0.2, 0) is 9.84 Å². The molecule has 1 fully saturated rings. The van der Waals surface area contributed by atoms with Crippen molar-refractivity contribution in [3.8, 4) is 16.9 Å². The van der Waals surface area contributed by atoms with Gasteiger partial charge >= 0.3 is 0 Å². The number of ether oxygens (including phenoxy) is 1. The van der Waals surface area contributed by atoms with Crippen LogP contribution in [0.4, 0.5) is 0 Å². The highest BCUT2D eigenvalue weighted by molar-refractivity contribution is 7.91. The zero-order valence-electron chi connectivity index (χ0n) is 13.4. The van der Waals surface area contributed by atoms with Gasteiger partial charge in [0.1, 0.15) is 5.75 Å². The molecule has 2 aromatic rings. The number of amides is 1. The quantitative estimate of drug-likeness (QED) is 0.923. The minimum atomic E-state index is -3.02. The maximum absolute atomic E-state index is 12.4. The van der Waals surface area contributed by atoms with Crippen molar-refractivity contribution in [3.63, 3.8) is 0 Å². The lowest BCUT2D eigenvalue weighted by Gasteiger charge is -2.13. The van der Waals surface area contributed by atoms with Gasteiger partial charge in [0.05, 0.1) is 18.6 Å². The highest BCUT2D eigenvalue weighted by Crippen LogP contribution is 2.30. The molecule has 0 unspecified atom stereocenters. The Morgan fingerprint density at radius 1 is 1.17 bits per heavy atom. The van der Waals surface area contributed by atoms with Crippen molar-refractivity contribution in [3.05, 3.63) is 54.1 Å². The zero-order valence-corrected chi connectivity index (χ0v) is 14.2. The van der Waals surface area contributed by atoms with Crippen LogP contribution in [0.3, 0.4) is 0 Å². The molecule has 1 atom stereocenters. The first-order chi connectivity index (χ1) is 11.5. The summed E-state index contributed by atoms with van der Waals surface area (Å²) in [6.07, 6.45) is 0.468. The van der Waals surface area contributed by atoms with Gasteiger partial charge in [-0.15, -0.1) is 0 Å². The Labute approximate surface area is 141 Å². The van der Waals surface area contributed by atoms with Gasteiger partial charge in [-0.2, -0.15) is 0 Å². The molecule has 1 heterocycles. The highest BCUT2D eigenvalue weighted by Gasteiger charge is 2.29. The number of nitrogens with one attached hydrogen (secondary N) is 1. The van der Waals surface area contributed by atoms with E-state index >= 15 is 0 Å². The van der Waals surface area contributed by atoms with E-state index in [-0.39, 0.29) is 23.5 Å². The van der Waals surface area contributed by atoms with Crippen LogP contribution in [0, 0.1) is 0 Å². The fourth-order valence-electron chi connectivity index (χ4n) is 2.87. The molecular formula is C18H19NO4S. The van der Waals surface area contributed by atoms with Gasteiger partial charge in [0.2, 0.25) is 0 Å². The predicted octanol–water partition coefficient (Wildman–Crippen LogP) is 2.28. The summed E-state index contributed by atoms with van der Waals surface area (Å²) in [4.78, 5) is 12.4. The molecular weight excluding hydrogens is 326 g/mol. The van der Waals surface area contributed by atoms with Crippen molar-refractivity contribution in [1.29, 1.82) is 0 Å². The summed E-state index contributed by atoms with van der Waals surface area (Å²) in [6.45, 7) is 0. The van der Waals surface area contributed by atoms with Gasteiger partial charge in [0, 0.05) is 17.2 Å². The van der Waals surface area contributed by atoms with Crippen LogP contribution in [0.15, 0.2) is 48.5 Å². The molecule has 2 aromatic carbocycles. The van der Waals surface area contributed by atoms with E-state index in [0.29, 0.717) is 17.7 Å². The summed E-state index contributed by atoms with van der Waals surface area (Å²) in [7, 11) is -1.43. The summed E-state index contributed by atoms with van der Waals surface area (Å²) < 4.78 is 28.4. The monoisotopic (exact) mass is 345 g/mol. The summed E-state index contributed by atoms with van der Waals surface area (Å²) in [5, 5.41) is 2.81. The number of benzene rings is 2. The Morgan fingerprint density at radius 3 is 2.54 bits per heavy atom. The Kier molecular flexibility index (Phi) is 4.57. The van der Waals surface area contributed by atoms with Gasteiger partial charge in [0.15, 0.2) is 9.84 Å². The van der Waals surface area contributed by atoms with Crippen molar-refractivity contribution in [2.75, 3.05) is 18.6 Å². The molecule has 0 aliphatic carbocycles. The second-order valence-corrected chi connectivity index (χ2v) is 8.08. The van der Waals surface area contributed by atoms with Crippen molar-refractivity contribution >= 4 is 15.7 Å². The molecule has 0 radical (unpaired) electrons. The fourth-order valence-corrected chi connectivity index (χ4v) is 4.54. The number of methoxy groups -OCH3 is 1. The fraction of sp³-hybridized carbons (Fsp3) is 0.278. The van der Waals surface area contributed by atoms with Gasteiger partial charge in [-0.3, -0.25) is 4.79 Å². The van der Waals surface area contributed by atoms with Gasteiger partial charge in [-0.05, 0) is 30.2 Å². The Hall–Kier alpha value is -2.34. The average Bonchev–Trinajstić information content (AvgIpc) is 2.93. The Bertz CT molecular complexity index is 847. The summed E-state index contributed by atoms with van der Waals surface area (Å²) in [5.74, 6) is 0.564. The van der Waals surface area contributed by atoms with Crippen molar-refractivity contribution in [2.45, 2.75) is 12.5 Å². The maximum Gasteiger partial charge on any atom is 0.251 e. The molecule has 0 saturated carbocycles. The third-order valence-corrected chi connectivity index (χ3v) is 5.88. The largest absolute Gasteiger partial charge is 0.496 e. The van der Waals surface area contributed by atoms with Crippen LogP contribution in [0.1, 0.15) is 16.8 Å². The first kappa shape index (κ1) is 16.5. The van der Waals surface area contributed by atoms with E-state index in [1.165, 1.54) is 0 Å². The number of carbonyl (C=O) groups is 1. The molecule has 0 spiro atoms. The number of carbonyl (C=O) groups excluding carboxylic acids is 1. The summed E-state index contributed by atoms with van der Waals surface area (Å²) in [6, 6.07) is 14.6. The van der Waals surface area contributed by atoms with Crippen LogP contribution in [0.5, 0.6) is 5.75 Å². The molecule has 1 saturated heterocycles. The lowest BCUT2D eigenvalue weighted by Crippen LogP contribution is -2.35. The number of hydrogen-bond donors (Lipinski definition) is 1. The third kappa shape index (κ3) is 3.59. The highest BCUT2D eigenvalue weighted by atomic mass is 32.2. The van der Waals surface area contributed by atoms with Gasteiger partial charge in [-0.25, -0.2) is 8.42 Å². The van der Waals surface area contributed by atoms with E-state index in [4.69, 9.17) is 4.74 Å². The molecule has 24 heavy (non-hydrogen) atoms. The molecule has 0 bridgehead atoms. The topological polar surface area (TPSA) is 72.5 Å². The lowest BCUT2D eigenvalue weighted by molar-refractivity contribution is 0.0941. The second kappa shape index (κ2) is 6.65. The van der Waals surface area contributed by atoms with E-state index < -0.39 is 9.84 Å². The second-order valence-electron chi connectivity index (χ2n) is 5.85. The molecule has 3 rings (SSSR count). The average molecular weight is 345 g/mol. The summed E-state index contributed by atoms with van der Waals surface area (Å²) >= 11 is 0. The number of hydrogen-bond acceptors (Lipinski definition) is 4. The minimum Gasteiger partial charge on any atom is -0.496 e. The van der Waals surface area contributed by atoms with E-state index in [1.807, 2.05) is 30.3 Å². The van der Waals surface area contributed by atoms with Gasteiger partial charge in [-0.1, -0.05) is 30.3 Å². The van der Waals surface area contributed by atoms with Crippen molar-refractivity contribution in [1.82, 2.24) is 5.32 Å². The van der Waals surface area contributed by atoms with Crippen LogP contribution in [0.25, 0.3) is 11.1 Å². The lowest BCUT2D eigenvalue weighted by atomic mass is 10.0. The van der Waals surface area contributed by atoms with Crippen LogP contribution in [0.2, 0.25) is 0 Å². The smallest absolute Gasteiger partial charge is 0.251 e. The SMILES string of the molecule is COc1ccc(C(=O)N[C@@H]2CCS(=O)(=O)C2)cc1-c1ccccc1. The van der Waals surface area contributed by atoms with Gasteiger partial charge < -0.3 is 10.1 Å². The molecule has 1 aliphatic heterocycles. The zero-order chi connectivity index (χ0) is 17.2. The minimum absolute atomic E-state index is 0.0143.